The summed E-state index contributed by atoms with van der Waals surface area (Å²) in [4.78, 5) is 36.5. The third-order valence-corrected chi connectivity index (χ3v) is 5.60. The summed E-state index contributed by atoms with van der Waals surface area (Å²) >= 11 is 0. The number of aryl methyl sites for hydroxylation is 1. The van der Waals surface area contributed by atoms with Crippen LogP contribution in [0.15, 0.2) is 20.0 Å². The number of terminal acetylenes is 1. The molecular weight excluding hydrogens is 465 g/mol. The van der Waals surface area contributed by atoms with Crippen molar-refractivity contribution in [2.45, 2.75) is 38.1 Å². The number of halogens is 1. The molecule has 1 saturated heterocycles. The molecule has 0 saturated carbocycles. The Balaban J connectivity index is 1.27. The minimum Gasteiger partial charge on any atom is -0.445 e. The van der Waals surface area contributed by atoms with E-state index in [1.54, 1.807) is 14.0 Å². The van der Waals surface area contributed by atoms with E-state index in [4.69, 9.17) is 30.5 Å². The molecule has 0 radical (unpaired) electrons. The highest BCUT2D eigenvalue weighted by atomic mass is 19.1. The molecular formula is C21H24FN7O6. The van der Waals surface area contributed by atoms with Gasteiger partial charge in [-0.2, -0.15) is 14.4 Å². The van der Waals surface area contributed by atoms with Crippen LogP contribution in [0.4, 0.5) is 15.0 Å². The van der Waals surface area contributed by atoms with Crippen molar-refractivity contribution in [3.8, 4) is 12.3 Å². The second-order valence-electron chi connectivity index (χ2n) is 8.13. The van der Waals surface area contributed by atoms with Crippen molar-refractivity contribution in [2.24, 2.45) is 0 Å². The number of nitrogens with zero attached hydrogens (tertiary/aromatic N) is 5. The van der Waals surface area contributed by atoms with Crippen LogP contribution in [0.3, 0.4) is 0 Å². The van der Waals surface area contributed by atoms with Gasteiger partial charge >= 0.3 is 18.0 Å². The van der Waals surface area contributed by atoms with Gasteiger partial charge in [-0.05, 0) is 26.8 Å². The predicted molar refractivity (Wildman–Crippen MR) is 118 cm³/mol. The molecule has 4 heterocycles. The van der Waals surface area contributed by atoms with Crippen LogP contribution in [0, 0.1) is 25.3 Å². The first-order valence-electron chi connectivity index (χ1n) is 10.7. The number of nitrogens with one attached hydrogen (secondary N) is 1. The molecule has 2 atom stereocenters. The molecule has 1 amide bonds. The highest BCUT2D eigenvalue weighted by Gasteiger charge is 2.41. The smallest absolute Gasteiger partial charge is 0.445 e. The lowest BCUT2D eigenvalue weighted by Gasteiger charge is -2.24. The van der Waals surface area contributed by atoms with Gasteiger partial charge in [0.25, 0.3) is 0 Å². The highest BCUT2D eigenvalue weighted by molar-refractivity contribution is 5.81. The van der Waals surface area contributed by atoms with Gasteiger partial charge in [-0.25, -0.2) is 14.6 Å². The summed E-state index contributed by atoms with van der Waals surface area (Å²) < 4.78 is 36.2. The molecule has 0 bridgehead atoms. The van der Waals surface area contributed by atoms with Crippen LogP contribution in [0.1, 0.15) is 30.6 Å². The van der Waals surface area contributed by atoms with Crippen molar-refractivity contribution in [1.82, 2.24) is 29.7 Å². The minimum absolute atomic E-state index is 0.0810. The van der Waals surface area contributed by atoms with Crippen LogP contribution in [0.2, 0.25) is 0 Å². The second-order valence-corrected chi connectivity index (χ2v) is 8.13. The monoisotopic (exact) mass is 489 g/mol. The fourth-order valence-corrected chi connectivity index (χ4v) is 3.73. The van der Waals surface area contributed by atoms with Gasteiger partial charge in [-0.3, -0.25) is 9.47 Å². The number of alkyl carbamates (subject to hydrolysis) is 1. The number of hydrogen-bond acceptors (Lipinski definition) is 11. The Kier molecular flexibility index (Phi) is 6.72. The van der Waals surface area contributed by atoms with Crippen molar-refractivity contribution in [2.75, 3.05) is 32.5 Å². The maximum Gasteiger partial charge on any atom is 0.519 e. The molecule has 13 nitrogen and oxygen atoms in total. The van der Waals surface area contributed by atoms with E-state index in [-0.39, 0.29) is 30.1 Å². The SMILES string of the molecule is C#CC1(COC(=O)NCCN(C)Cc2oc(=O)oc2C)CCC(n2cnc3c(N)nc(F)nc32)O1. The van der Waals surface area contributed by atoms with Gasteiger partial charge in [0, 0.05) is 13.1 Å². The van der Waals surface area contributed by atoms with Gasteiger partial charge < -0.3 is 29.4 Å². The Bertz CT molecular complexity index is 1330. The lowest BCUT2D eigenvalue weighted by atomic mass is 10.0. The summed E-state index contributed by atoms with van der Waals surface area (Å²) in [6.07, 6.45) is 5.72. The first-order chi connectivity index (χ1) is 16.7. The Labute approximate surface area is 198 Å². The first-order valence-corrected chi connectivity index (χ1v) is 10.7. The lowest BCUT2D eigenvalue weighted by molar-refractivity contribution is -0.0644. The number of anilines is 1. The number of aromatic nitrogens is 4. The van der Waals surface area contributed by atoms with Crippen molar-refractivity contribution < 1.29 is 27.5 Å². The van der Waals surface area contributed by atoms with Gasteiger partial charge in [-0.15, -0.1) is 6.42 Å². The average Bonchev–Trinajstić information content (AvgIpc) is 3.49. The number of nitrogens with two attached hydrogens (primary N) is 1. The van der Waals surface area contributed by atoms with Crippen LogP contribution in [-0.4, -0.2) is 62.9 Å². The van der Waals surface area contributed by atoms with Gasteiger partial charge in [0.15, 0.2) is 28.3 Å². The van der Waals surface area contributed by atoms with E-state index in [0.717, 1.165) is 0 Å². The standard InChI is InChI=1S/C21H24FN7O6/c1-4-21(6-5-14(35-21)29-11-25-15-16(23)26-18(22)27-17(15)29)10-32-19(30)24-7-8-28(3)9-13-12(2)33-20(31)34-13/h1,11,14H,5-10H2,2-3H3,(H,24,30)(H2,23,26,27). The average molecular weight is 489 g/mol. The van der Waals surface area contributed by atoms with Crippen LogP contribution in [0.5, 0.6) is 0 Å². The molecule has 35 heavy (non-hydrogen) atoms. The third-order valence-electron chi connectivity index (χ3n) is 5.60. The van der Waals surface area contributed by atoms with E-state index in [1.165, 1.54) is 10.9 Å². The molecule has 1 fully saturated rings. The number of carbonyl (C=O) groups is 1. The zero-order valence-electron chi connectivity index (χ0n) is 19.1. The maximum atomic E-state index is 13.6. The largest absolute Gasteiger partial charge is 0.519 e. The molecule has 0 aliphatic carbocycles. The Morgan fingerprint density at radius 2 is 2.29 bits per heavy atom. The summed E-state index contributed by atoms with van der Waals surface area (Å²) in [5, 5.41) is 2.63. The number of fused-ring (bicyclic) bond motifs is 1. The van der Waals surface area contributed by atoms with Gasteiger partial charge in [-0.1, -0.05) is 5.92 Å². The Morgan fingerprint density at radius 1 is 1.49 bits per heavy atom. The fraction of sp³-hybridized carbons (Fsp3) is 0.476. The van der Waals surface area contributed by atoms with Crippen molar-refractivity contribution in [3.63, 3.8) is 0 Å². The van der Waals surface area contributed by atoms with Gasteiger partial charge in [0.05, 0.1) is 12.9 Å². The molecule has 0 spiro atoms. The zero-order valence-corrected chi connectivity index (χ0v) is 19.1. The molecule has 3 aromatic heterocycles. The molecule has 4 rings (SSSR count). The molecule has 3 N–H and O–H groups in total. The molecule has 1 aliphatic rings. The summed E-state index contributed by atoms with van der Waals surface area (Å²) in [5.74, 6) is 2.56. The summed E-state index contributed by atoms with van der Waals surface area (Å²) in [5.41, 5.74) is 4.97. The summed E-state index contributed by atoms with van der Waals surface area (Å²) in [7, 11) is 1.80. The molecule has 186 valence electrons. The Hall–Kier alpha value is -3.96. The lowest BCUT2D eigenvalue weighted by Crippen LogP contribution is -2.38. The van der Waals surface area contributed by atoms with Crippen molar-refractivity contribution >= 4 is 23.1 Å². The number of carbonyl (C=O) groups excluding carboxylic acids is 1. The number of hydrogen-bond donors (Lipinski definition) is 2. The number of likely N-dealkylation sites (N-methyl/N-ethyl adjacent to an activating group) is 1. The van der Waals surface area contributed by atoms with Gasteiger partial charge in [0.1, 0.15) is 18.6 Å². The van der Waals surface area contributed by atoms with Crippen molar-refractivity contribution in [3.05, 3.63) is 34.5 Å². The molecule has 14 heteroatoms. The maximum absolute atomic E-state index is 13.6. The molecule has 0 aromatic carbocycles. The van der Waals surface area contributed by atoms with E-state index in [2.05, 4.69) is 26.2 Å². The number of ether oxygens (including phenoxy) is 2. The van der Waals surface area contributed by atoms with Crippen LogP contribution >= 0.6 is 0 Å². The molecule has 1 aliphatic heterocycles. The van der Waals surface area contributed by atoms with Crippen LogP contribution in [-0.2, 0) is 16.0 Å². The van der Waals surface area contributed by atoms with Gasteiger partial charge in [0.2, 0.25) is 0 Å². The quantitative estimate of drug-likeness (QED) is 0.342. The fourth-order valence-electron chi connectivity index (χ4n) is 3.73. The van der Waals surface area contributed by atoms with Crippen LogP contribution in [0.25, 0.3) is 11.2 Å². The van der Waals surface area contributed by atoms with E-state index < -0.39 is 29.8 Å². The van der Waals surface area contributed by atoms with E-state index in [9.17, 15) is 14.0 Å². The van der Waals surface area contributed by atoms with E-state index in [1.807, 2.05) is 4.90 Å². The van der Waals surface area contributed by atoms with Crippen LogP contribution < -0.4 is 16.9 Å². The first kappa shape index (κ1) is 24.2. The number of rotatable bonds is 8. The predicted octanol–water partition coefficient (Wildman–Crippen LogP) is 0.941. The van der Waals surface area contributed by atoms with E-state index >= 15 is 0 Å². The number of imidazole rings is 1. The third kappa shape index (κ3) is 5.26. The highest BCUT2D eigenvalue weighted by Crippen LogP contribution is 2.37. The Morgan fingerprint density at radius 3 is 3.00 bits per heavy atom. The number of amides is 1. The second kappa shape index (κ2) is 9.72. The summed E-state index contributed by atoms with van der Waals surface area (Å²) in [6, 6.07) is 0. The molecule has 2 unspecified atom stereocenters. The normalized spacial score (nSPS) is 19.8. The zero-order chi connectivity index (χ0) is 25.2. The summed E-state index contributed by atoms with van der Waals surface area (Å²) in [6.45, 7) is 2.53. The molecule has 3 aromatic rings. The topological polar surface area (TPSA) is 164 Å². The number of nitrogen functional groups attached to an aromatic ring is 1. The van der Waals surface area contributed by atoms with E-state index in [0.29, 0.717) is 37.5 Å². The minimum atomic E-state index is -1.16. The van der Waals surface area contributed by atoms with Crippen molar-refractivity contribution in [1.29, 1.82) is 0 Å².